The fourth-order valence-electron chi connectivity index (χ4n) is 4.69. The van der Waals surface area contributed by atoms with Gasteiger partial charge in [-0.25, -0.2) is 0 Å². The van der Waals surface area contributed by atoms with Crippen LogP contribution in [0.2, 0.25) is 0 Å². The standard InChI is InChI=1S/C24H26N4O2/c1-3-4-11-30-21-12-16(29-2)9-10-18(21)22-17-7-5-6-8-20(17)24(14-26,15-27)23(28)19(22)13-25/h8-10,12,17,19,22,28H,3-7,11H2,1-2H3/t17-,19?,22+/m0/s1. The minimum absolute atomic E-state index is 0.125. The van der Waals surface area contributed by atoms with Gasteiger partial charge in [0.05, 0.1) is 43.6 Å². The van der Waals surface area contributed by atoms with E-state index in [1.165, 1.54) is 0 Å². The first kappa shape index (κ1) is 21.4. The highest BCUT2D eigenvalue weighted by Gasteiger charge is 2.56. The third-order valence-corrected chi connectivity index (χ3v) is 6.23. The monoisotopic (exact) mass is 402 g/mol. The maximum Gasteiger partial charge on any atom is 0.203 e. The summed E-state index contributed by atoms with van der Waals surface area (Å²) in [5.41, 5.74) is -0.265. The smallest absolute Gasteiger partial charge is 0.203 e. The summed E-state index contributed by atoms with van der Waals surface area (Å²) in [6.07, 6.45) is 6.31. The summed E-state index contributed by atoms with van der Waals surface area (Å²) in [5, 5.41) is 38.5. The van der Waals surface area contributed by atoms with Gasteiger partial charge in [-0.2, -0.15) is 15.8 Å². The van der Waals surface area contributed by atoms with Crippen molar-refractivity contribution in [1.29, 1.82) is 21.2 Å². The van der Waals surface area contributed by atoms with Crippen molar-refractivity contribution >= 4 is 5.71 Å². The molecule has 1 unspecified atom stereocenters. The van der Waals surface area contributed by atoms with Gasteiger partial charge in [-0.15, -0.1) is 0 Å². The van der Waals surface area contributed by atoms with Gasteiger partial charge in [0.2, 0.25) is 5.41 Å². The molecule has 1 aromatic carbocycles. The molecule has 30 heavy (non-hydrogen) atoms. The lowest BCUT2D eigenvalue weighted by molar-refractivity contribution is 0.287. The number of nitrogens with one attached hydrogen (secondary N) is 1. The van der Waals surface area contributed by atoms with Gasteiger partial charge in [0.15, 0.2) is 0 Å². The second-order valence-electron chi connectivity index (χ2n) is 7.82. The molecule has 0 amide bonds. The molecule has 0 aromatic heterocycles. The molecular weight excluding hydrogens is 376 g/mol. The zero-order valence-corrected chi connectivity index (χ0v) is 17.4. The van der Waals surface area contributed by atoms with Crippen molar-refractivity contribution in [2.75, 3.05) is 13.7 Å². The van der Waals surface area contributed by atoms with Gasteiger partial charge in [0, 0.05) is 12.0 Å². The summed E-state index contributed by atoms with van der Waals surface area (Å²) in [7, 11) is 1.59. The van der Waals surface area contributed by atoms with Crippen molar-refractivity contribution in [3.8, 4) is 29.7 Å². The van der Waals surface area contributed by atoms with Crippen molar-refractivity contribution in [2.45, 2.75) is 44.9 Å². The molecule has 154 valence electrons. The molecular formula is C24H26N4O2. The van der Waals surface area contributed by atoms with E-state index < -0.39 is 11.3 Å². The normalized spacial score (nSPS) is 24.4. The fraction of sp³-hybridized carbons (Fsp3) is 0.500. The molecule has 1 saturated carbocycles. The van der Waals surface area contributed by atoms with Crippen molar-refractivity contribution in [2.24, 2.45) is 17.3 Å². The topological polar surface area (TPSA) is 114 Å². The number of rotatable bonds is 6. The number of allylic oxidation sites excluding steroid dienone is 2. The van der Waals surface area contributed by atoms with Crippen LogP contribution in [-0.2, 0) is 0 Å². The Hall–Kier alpha value is -3.30. The van der Waals surface area contributed by atoms with Crippen LogP contribution < -0.4 is 9.47 Å². The summed E-state index contributed by atoms with van der Waals surface area (Å²) < 4.78 is 11.4. The van der Waals surface area contributed by atoms with Crippen LogP contribution in [0.3, 0.4) is 0 Å². The number of hydrogen-bond acceptors (Lipinski definition) is 6. The molecule has 2 aliphatic carbocycles. The maximum absolute atomic E-state index is 10.0. The van der Waals surface area contributed by atoms with E-state index in [2.05, 4.69) is 25.1 Å². The molecule has 0 saturated heterocycles. The Morgan fingerprint density at radius 2 is 2.00 bits per heavy atom. The number of ether oxygens (including phenoxy) is 2. The lowest BCUT2D eigenvalue weighted by atomic mass is 9.54. The van der Waals surface area contributed by atoms with Crippen LogP contribution in [0.1, 0.15) is 50.5 Å². The number of nitriles is 3. The molecule has 2 aliphatic rings. The number of unbranched alkanes of at least 4 members (excludes halogenated alkanes) is 1. The third kappa shape index (κ3) is 3.42. The van der Waals surface area contributed by atoms with Crippen molar-refractivity contribution in [1.82, 2.24) is 0 Å². The minimum Gasteiger partial charge on any atom is -0.497 e. The van der Waals surface area contributed by atoms with Gasteiger partial charge >= 0.3 is 0 Å². The molecule has 3 rings (SSSR count). The molecule has 0 heterocycles. The van der Waals surface area contributed by atoms with Gasteiger partial charge in [0.1, 0.15) is 11.5 Å². The lowest BCUT2D eigenvalue weighted by Gasteiger charge is -2.45. The van der Waals surface area contributed by atoms with E-state index >= 15 is 0 Å². The lowest BCUT2D eigenvalue weighted by Crippen LogP contribution is -2.47. The zero-order chi connectivity index (χ0) is 21.7. The quantitative estimate of drug-likeness (QED) is 0.537. The molecule has 1 aromatic rings. The first-order valence-electron chi connectivity index (χ1n) is 10.4. The predicted molar refractivity (Wildman–Crippen MR) is 112 cm³/mol. The summed E-state index contributed by atoms with van der Waals surface area (Å²) in [6.45, 7) is 2.64. The first-order valence-corrected chi connectivity index (χ1v) is 10.4. The van der Waals surface area contributed by atoms with Crippen molar-refractivity contribution in [3.63, 3.8) is 0 Å². The maximum atomic E-state index is 10.0. The highest BCUT2D eigenvalue weighted by Crippen LogP contribution is 2.55. The largest absolute Gasteiger partial charge is 0.497 e. The SMILES string of the molecule is CCCCOc1cc(OC)ccc1[C@@H]1C(C#N)C(=N)C(C#N)(C#N)C2=CCCC[C@@H]21. The Balaban J connectivity index is 2.16. The average molecular weight is 402 g/mol. The number of methoxy groups -OCH3 is 1. The summed E-state index contributed by atoms with van der Waals surface area (Å²) >= 11 is 0. The van der Waals surface area contributed by atoms with Crippen LogP contribution in [0, 0.1) is 56.7 Å². The third-order valence-electron chi connectivity index (χ3n) is 6.23. The van der Waals surface area contributed by atoms with E-state index in [4.69, 9.17) is 14.9 Å². The Kier molecular flexibility index (Phi) is 6.43. The van der Waals surface area contributed by atoms with Crippen molar-refractivity contribution < 1.29 is 9.47 Å². The van der Waals surface area contributed by atoms with E-state index in [1.54, 1.807) is 7.11 Å². The summed E-state index contributed by atoms with van der Waals surface area (Å²) in [4.78, 5) is 0. The van der Waals surface area contributed by atoms with E-state index in [-0.39, 0.29) is 17.5 Å². The van der Waals surface area contributed by atoms with Crippen LogP contribution in [0.15, 0.2) is 29.8 Å². The van der Waals surface area contributed by atoms with E-state index in [0.717, 1.165) is 37.7 Å². The number of hydrogen-bond donors (Lipinski definition) is 1. The zero-order valence-electron chi connectivity index (χ0n) is 17.4. The van der Waals surface area contributed by atoms with E-state index in [0.29, 0.717) is 23.7 Å². The van der Waals surface area contributed by atoms with Crippen LogP contribution in [0.5, 0.6) is 11.5 Å². The van der Waals surface area contributed by atoms with Gasteiger partial charge in [0.25, 0.3) is 0 Å². The number of fused-ring (bicyclic) bond motifs is 1. The molecule has 3 atom stereocenters. The number of benzene rings is 1. The van der Waals surface area contributed by atoms with Gasteiger partial charge in [-0.3, -0.25) is 0 Å². The van der Waals surface area contributed by atoms with E-state index in [9.17, 15) is 15.8 Å². The van der Waals surface area contributed by atoms with Gasteiger partial charge in [-0.05, 0) is 48.8 Å². The Labute approximate surface area is 177 Å². The molecule has 0 bridgehead atoms. The highest BCUT2D eigenvalue weighted by atomic mass is 16.5. The Morgan fingerprint density at radius 1 is 1.23 bits per heavy atom. The van der Waals surface area contributed by atoms with Gasteiger partial charge in [-0.1, -0.05) is 25.5 Å². The Bertz CT molecular complexity index is 962. The molecule has 0 aliphatic heterocycles. The second kappa shape index (κ2) is 9.02. The van der Waals surface area contributed by atoms with Crippen LogP contribution in [0.4, 0.5) is 0 Å². The molecule has 6 nitrogen and oxygen atoms in total. The van der Waals surface area contributed by atoms with Crippen LogP contribution >= 0.6 is 0 Å². The average Bonchev–Trinajstić information content (AvgIpc) is 2.79. The molecule has 1 N–H and O–H groups in total. The molecule has 0 radical (unpaired) electrons. The van der Waals surface area contributed by atoms with Crippen LogP contribution in [0.25, 0.3) is 0 Å². The predicted octanol–water partition coefficient (Wildman–Crippen LogP) is 4.89. The van der Waals surface area contributed by atoms with E-state index in [1.807, 2.05) is 24.3 Å². The minimum atomic E-state index is -1.66. The summed E-state index contributed by atoms with van der Waals surface area (Å²) in [5.74, 6) is -0.0590. The first-order chi connectivity index (χ1) is 14.6. The van der Waals surface area contributed by atoms with Gasteiger partial charge < -0.3 is 14.9 Å². The number of nitrogens with zero attached hydrogens (tertiary/aromatic N) is 3. The Morgan fingerprint density at radius 3 is 2.63 bits per heavy atom. The molecule has 1 fully saturated rings. The fourth-order valence-corrected chi connectivity index (χ4v) is 4.69. The highest BCUT2D eigenvalue weighted by molar-refractivity contribution is 6.01. The second-order valence-corrected chi connectivity index (χ2v) is 7.82. The molecule has 0 spiro atoms. The molecule has 6 heteroatoms. The van der Waals surface area contributed by atoms with Crippen LogP contribution in [-0.4, -0.2) is 19.4 Å². The van der Waals surface area contributed by atoms with Crippen molar-refractivity contribution in [3.05, 3.63) is 35.4 Å². The summed E-state index contributed by atoms with van der Waals surface area (Å²) in [6, 6.07) is 11.9.